The zero-order chi connectivity index (χ0) is 13.1. The van der Waals surface area contributed by atoms with E-state index >= 15 is 0 Å². The number of hydrogen-bond acceptors (Lipinski definition) is 1. The van der Waals surface area contributed by atoms with Crippen molar-refractivity contribution >= 4 is 53.7 Å². The van der Waals surface area contributed by atoms with Crippen molar-refractivity contribution in [2.75, 3.05) is 6.54 Å². The summed E-state index contributed by atoms with van der Waals surface area (Å²) in [6, 6.07) is 5.59. The van der Waals surface area contributed by atoms with E-state index in [1.165, 1.54) is 12.8 Å². The van der Waals surface area contributed by atoms with Crippen molar-refractivity contribution in [1.29, 1.82) is 0 Å². The van der Waals surface area contributed by atoms with Crippen LogP contribution in [0.2, 0.25) is 0 Å². The minimum Gasteiger partial charge on any atom is -0.352 e. The van der Waals surface area contributed by atoms with E-state index < -0.39 is 0 Å². The number of nitrogens with one attached hydrogen (secondary N) is 1. The van der Waals surface area contributed by atoms with E-state index in [0.717, 1.165) is 21.9 Å². The average Bonchev–Trinajstić information content (AvgIpc) is 2.72. The van der Waals surface area contributed by atoms with Crippen LogP contribution < -0.4 is 5.32 Å². The van der Waals surface area contributed by atoms with Crippen LogP contribution in [-0.4, -0.2) is 17.3 Å². The van der Waals surface area contributed by atoms with Crippen LogP contribution in [0.15, 0.2) is 27.1 Å². The second-order valence-electron chi connectivity index (χ2n) is 4.61. The van der Waals surface area contributed by atoms with Gasteiger partial charge in [0.15, 0.2) is 0 Å². The van der Waals surface area contributed by atoms with Gasteiger partial charge in [0.2, 0.25) is 0 Å². The first-order valence-corrected chi connectivity index (χ1v) is 8.43. The third-order valence-electron chi connectivity index (χ3n) is 3.20. The summed E-state index contributed by atoms with van der Waals surface area (Å²) >= 11 is 10.4. The fourth-order valence-corrected chi connectivity index (χ4v) is 4.23. The van der Waals surface area contributed by atoms with Crippen LogP contribution in [0.3, 0.4) is 0 Å². The van der Waals surface area contributed by atoms with Crippen molar-refractivity contribution in [3.63, 3.8) is 0 Å². The molecule has 0 radical (unpaired) electrons. The molecule has 0 heterocycles. The smallest absolute Gasteiger partial charge is 0.252 e. The van der Waals surface area contributed by atoms with Crippen LogP contribution >= 0.6 is 47.8 Å². The first-order chi connectivity index (χ1) is 8.56. The van der Waals surface area contributed by atoms with Gasteiger partial charge in [-0.1, -0.05) is 31.9 Å². The molecule has 1 aliphatic rings. The monoisotopic (exact) mass is 437 g/mol. The molecule has 0 bridgehead atoms. The van der Waals surface area contributed by atoms with E-state index in [1.54, 1.807) is 0 Å². The molecule has 1 N–H and O–H groups in total. The molecule has 98 valence electrons. The van der Waals surface area contributed by atoms with Gasteiger partial charge >= 0.3 is 0 Å². The lowest BCUT2D eigenvalue weighted by Gasteiger charge is -2.11. The summed E-state index contributed by atoms with van der Waals surface area (Å²) in [5.41, 5.74) is 0.687. The fraction of sp³-hybridized carbons (Fsp3) is 0.462. The van der Waals surface area contributed by atoms with Gasteiger partial charge in [-0.2, -0.15) is 0 Å². The Kier molecular flexibility index (Phi) is 5.27. The van der Waals surface area contributed by atoms with Crippen LogP contribution in [-0.2, 0) is 0 Å². The highest BCUT2D eigenvalue weighted by Crippen LogP contribution is 2.30. The van der Waals surface area contributed by atoms with Crippen LogP contribution in [0.4, 0.5) is 0 Å². The van der Waals surface area contributed by atoms with E-state index in [2.05, 4.69) is 53.1 Å². The second kappa shape index (κ2) is 6.53. The third-order valence-corrected chi connectivity index (χ3v) is 5.19. The summed E-state index contributed by atoms with van der Waals surface area (Å²) in [7, 11) is 0. The summed E-state index contributed by atoms with van der Waals surface area (Å²) in [6.07, 6.45) is 3.56. The van der Waals surface area contributed by atoms with Crippen molar-refractivity contribution in [2.24, 2.45) is 5.92 Å². The molecule has 5 heteroatoms. The number of halogens is 3. The molecule has 1 fully saturated rings. The Morgan fingerprint density at radius 3 is 2.72 bits per heavy atom. The zero-order valence-corrected chi connectivity index (χ0v) is 14.5. The highest BCUT2D eigenvalue weighted by atomic mass is 79.9. The van der Waals surface area contributed by atoms with Crippen molar-refractivity contribution in [2.45, 2.75) is 24.1 Å². The average molecular weight is 440 g/mol. The number of alkyl halides is 1. The molecule has 1 amide bonds. The Morgan fingerprint density at radius 1 is 1.33 bits per heavy atom. The fourth-order valence-electron chi connectivity index (χ4n) is 2.21. The summed E-state index contributed by atoms with van der Waals surface area (Å²) < 4.78 is 1.78. The van der Waals surface area contributed by atoms with Crippen molar-refractivity contribution < 1.29 is 4.79 Å². The van der Waals surface area contributed by atoms with Crippen molar-refractivity contribution in [3.8, 4) is 0 Å². The SMILES string of the molecule is O=C(NCC1CCC(Br)C1)c1ccc(Br)cc1Br. The first-order valence-electron chi connectivity index (χ1n) is 5.93. The molecule has 0 saturated heterocycles. The second-order valence-corrected chi connectivity index (χ2v) is 7.68. The van der Waals surface area contributed by atoms with E-state index in [1.807, 2.05) is 18.2 Å². The number of benzene rings is 1. The summed E-state index contributed by atoms with van der Waals surface area (Å²) in [6.45, 7) is 0.767. The Balaban J connectivity index is 1.91. The number of amides is 1. The van der Waals surface area contributed by atoms with Crippen LogP contribution in [0.25, 0.3) is 0 Å². The van der Waals surface area contributed by atoms with Gasteiger partial charge in [-0.05, 0) is 59.3 Å². The van der Waals surface area contributed by atoms with E-state index in [-0.39, 0.29) is 5.91 Å². The topological polar surface area (TPSA) is 29.1 Å². The quantitative estimate of drug-likeness (QED) is 0.690. The molecule has 1 aromatic carbocycles. The van der Waals surface area contributed by atoms with E-state index in [4.69, 9.17) is 0 Å². The molecule has 0 aromatic heterocycles. The molecule has 0 aliphatic heterocycles. The largest absolute Gasteiger partial charge is 0.352 e. The van der Waals surface area contributed by atoms with Gasteiger partial charge in [0.05, 0.1) is 5.56 Å². The Labute approximate surface area is 132 Å². The maximum Gasteiger partial charge on any atom is 0.252 e. The summed E-state index contributed by atoms with van der Waals surface area (Å²) in [4.78, 5) is 12.7. The Hall–Kier alpha value is 0.130. The predicted molar refractivity (Wildman–Crippen MR) is 84.2 cm³/mol. The Morgan fingerprint density at radius 2 is 2.11 bits per heavy atom. The molecule has 1 aliphatic carbocycles. The van der Waals surface area contributed by atoms with E-state index in [9.17, 15) is 4.79 Å². The van der Waals surface area contributed by atoms with Gasteiger partial charge in [-0.25, -0.2) is 0 Å². The van der Waals surface area contributed by atoms with Crippen LogP contribution in [0.1, 0.15) is 29.6 Å². The molecule has 2 nitrogen and oxygen atoms in total. The normalized spacial score (nSPS) is 23.1. The molecule has 2 rings (SSSR count). The molecule has 2 atom stereocenters. The van der Waals surface area contributed by atoms with E-state index in [0.29, 0.717) is 16.3 Å². The van der Waals surface area contributed by atoms with Crippen molar-refractivity contribution in [3.05, 3.63) is 32.7 Å². The van der Waals surface area contributed by atoms with Gasteiger partial charge in [0.25, 0.3) is 5.91 Å². The minimum absolute atomic E-state index is 0.00704. The number of hydrogen-bond donors (Lipinski definition) is 1. The first kappa shape index (κ1) is 14.5. The number of rotatable bonds is 3. The summed E-state index contributed by atoms with van der Waals surface area (Å²) in [5, 5.41) is 3.02. The molecule has 0 spiro atoms. The van der Waals surface area contributed by atoms with Crippen LogP contribution in [0.5, 0.6) is 0 Å². The third kappa shape index (κ3) is 3.81. The highest BCUT2D eigenvalue weighted by molar-refractivity contribution is 9.11. The standard InChI is InChI=1S/C13H14Br3NO/c14-9-2-1-8(5-9)7-17-13(18)11-4-3-10(15)6-12(11)16/h3-4,6,8-9H,1-2,5,7H2,(H,17,18). The summed E-state index contributed by atoms with van der Waals surface area (Å²) in [5.74, 6) is 0.597. The zero-order valence-electron chi connectivity index (χ0n) is 9.76. The molecule has 2 unspecified atom stereocenters. The Bertz CT molecular complexity index is 450. The van der Waals surface area contributed by atoms with Gasteiger partial charge in [0, 0.05) is 20.3 Å². The molecule has 18 heavy (non-hydrogen) atoms. The molecular weight excluding hydrogens is 426 g/mol. The highest BCUT2D eigenvalue weighted by Gasteiger charge is 2.23. The van der Waals surface area contributed by atoms with Gasteiger partial charge in [-0.3, -0.25) is 4.79 Å². The predicted octanol–water partition coefficient (Wildman–Crippen LogP) is 4.51. The lowest BCUT2D eigenvalue weighted by Crippen LogP contribution is -2.28. The molecule has 1 saturated carbocycles. The van der Waals surface area contributed by atoms with Crippen molar-refractivity contribution in [1.82, 2.24) is 5.32 Å². The molecular formula is C13H14Br3NO. The minimum atomic E-state index is -0.00704. The maximum absolute atomic E-state index is 12.0. The number of carbonyl (C=O) groups is 1. The van der Waals surface area contributed by atoms with Crippen LogP contribution in [0, 0.1) is 5.92 Å². The van der Waals surface area contributed by atoms with Gasteiger partial charge in [0.1, 0.15) is 0 Å². The number of carbonyl (C=O) groups excluding carboxylic acids is 1. The molecule has 1 aromatic rings. The lowest BCUT2D eigenvalue weighted by molar-refractivity contribution is 0.0946. The van der Waals surface area contributed by atoms with Gasteiger partial charge < -0.3 is 5.32 Å². The lowest BCUT2D eigenvalue weighted by atomic mass is 10.1. The maximum atomic E-state index is 12.0. The van der Waals surface area contributed by atoms with Gasteiger partial charge in [-0.15, -0.1) is 0 Å².